The van der Waals surface area contributed by atoms with Crippen LogP contribution in [0.25, 0.3) is 10.8 Å². The summed E-state index contributed by atoms with van der Waals surface area (Å²) in [5.41, 5.74) is 4.15. The molecule has 28 heavy (non-hydrogen) atoms. The van der Waals surface area contributed by atoms with E-state index in [4.69, 9.17) is 14.2 Å². The molecule has 0 spiro atoms. The van der Waals surface area contributed by atoms with Crippen molar-refractivity contribution in [3.8, 4) is 17.2 Å². The third-order valence-corrected chi connectivity index (χ3v) is 4.24. The summed E-state index contributed by atoms with van der Waals surface area (Å²) in [5.74, 6) is 1.79. The van der Waals surface area contributed by atoms with Crippen molar-refractivity contribution in [2.45, 2.75) is 6.92 Å². The quantitative estimate of drug-likeness (QED) is 0.502. The lowest BCUT2D eigenvalue weighted by Crippen LogP contribution is -2.25. The lowest BCUT2D eigenvalue weighted by Gasteiger charge is -2.07. The summed E-state index contributed by atoms with van der Waals surface area (Å²) in [6, 6.07) is 18.9. The molecule has 0 aliphatic rings. The molecule has 144 valence electrons. The first-order valence-corrected chi connectivity index (χ1v) is 8.77. The number of methoxy groups -OCH3 is 2. The molecule has 3 aromatic rings. The Labute approximate surface area is 163 Å². The van der Waals surface area contributed by atoms with E-state index < -0.39 is 0 Å². The van der Waals surface area contributed by atoms with E-state index in [0.29, 0.717) is 11.5 Å². The molecule has 0 heterocycles. The zero-order chi connectivity index (χ0) is 19.9. The summed E-state index contributed by atoms with van der Waals surface area (Å²) >= 11 is 0. The van der Waals surface area contributed by atoms with E-state index in [-0.39, 0.29) is 12.5 Å². The molecule has 0 saturated carbocycles. The van der Waals surface area contributed by atoms with Crippen LogP contribution in [0, 0.1) is 0 Å². The molecule has 0 aromatic heterocycles. The van der Waals surface area contributed by atoms with Crippen molar-refractivity contribution in [3.05, 3.63) is 66.2 Å². The van der Waals surface area contributed by atoms with Crippen molar-refractivity contribution < 1.29 is 19.0 Å². The molecule has 3 aromatic carbocycles. The number of hydrogen-bond acceptors (Lipinski definition) is 5. The Balaban J connectivity index is 1.59. The number of ether oxygens (including phenoxy) is 3. The number of amides is 1. The molecule has 0 atom stereocenters. The van der Waals surface area contributed by atoms with Gasteiger partial charge in [-0.25, -0.2) is 5.43 Å². The molecule has 0 bridgehead atoms. The number of hydrazone groups is 1. The molecule has 6 nitrogen and oxygen atoms in total. The standard InChI is InChI=1S/C22H22N2O4/c1-15(16-4-5-18-13-21(27-3)7-6-17(18)12-16)23-24-22(25)14-28-20-10-8-19(26-2)9-11-20/h4-13H,14H2,1-3H3,(H,24,25)/b23-15+. The summed E-state index contributed by atoms with van der Waals surface area (Å²) in [7, 11) is 3.24. The third-order valence-electron chi connectivity index (χ3n) is 4.24. The number of carbonyl (C=O) groups is 1. The van der Waals surface area contributed by atoms with Crippen LogP contribution >= 0.6 is 0 Å². The molecular weight excluding hydrogens is 356 g/mol. The van der Waals surface area contributed by atoms with Gasteiger partial charge in [0, 0.05) is 0 Å². The van der Waals surface area contributed by atoms with Crippen LogP contribution in [0.15, 0.2) is 65.8 Å². The van der Waals surface area contributed by atoms with Gasteiger partial charge in [0.15, 0.2) is 6.61 Å². The van der Waals surface area contributed by atoms with Gasteiger partial charge in [-0.15, -0.1) is 0 Å². The number of nitrogens with zero attached hydrogens (tertiary/aromatic N) is 1. The number of hydrogen-bond donors (Lipinski definition) is 1. The van der Waals surface area contributed by atoms with Gasteiger partial charge in [-0.2, -0.15) is 5.10 Å². The molecule has 3 rings (SSSR count). The van der Waals surface area contributed by atoms with Gasteiger partial charge >= 0.3 is 0 Å². The van der Waals surface area contributed by atoms with Crippen LogP contribution in [0.3, 0.4) is 0 Å². The van der Waals surface area contributed by atoms with Crippen molar-refractivity contribution in [3.63, 3.8) is 0 Å². The second-order valence-electron chi connectivity index (χ2n) is 6.12. The minimum atomic E-state index is -0.333. The van der Waals surface area contributed by atoms with Crippen LogP contribution in [0.5, 0.6) is 17.2 Å². The molecule has 1 N–H and O–H groups in total. The first-order chi connectivity index (χ1) is 13.6. The highest BCUT2D eigenvalue weighted by atomic mass is 16.5. The van der Waals surface area contributed by atoms with E-state index in [1.54, 1.807) is 38.5 Å². The summed E-state index contributed by atoms with van der Waals surface area (Å²) in [6.07, 6.45) is 0. The normalized spacial score (nSPS) is 11.2. The summed E-state index contributed by atoms with van der Waals surface area (Å²) in [6.45, 7) is 1.72. The van der Waals surface area contributed by atoms with Gasteiger partial charge in [0.25, 0.3) is 5.91 Å². The van der Waals surface area contributed by atoms with Crippen molar-refractivity contribution in [1.29, 1.82) is 0 Å². The van der Waals surface area contributed by atoms with E-state index in [1.807, 2.05) is 43.3 Å². The maximum Gasteiger partial charge on any atom is 0.277 e. The lowest BCUT2D eigenvalue weighted by molar-refractivity contribution is -0.123. The molecule has 6 heteroatoms. The summed E-state index contributed by atoms with van der Waals surface area (Å²) in [5, 5.41) is 6.31. The third kappa shape index (κ3) is 4.79. The average Bonchev–Trinajstić information content (AvgIpc) is 2.75. The second kappa shape index (κ2) is 8.90. The predicted molar refractivity (Wildman–Crippen MR) is 109 cm³/mol. The molecule has 0 radical (unpaired) electrons. The summed E-state index contributed by atoms with van der Waals surface area (Å²) < 4.78 is 15.8. The van der Waals surface area contributed by atoms with E-state index in [9.17, 15) is 4.79 Å². The lowest BCUT2D eigenvalue weighted by atomic mass is 10.0. The SMILES string of the molecule is COc1ccc(OCC(=O)N/N=C(\C)c2ccc3cc(OC)ccc3c2)cc1. The molecular formula is C22H22N2O4. The first kappa shape index (κ1) is 19.2. The Morgan fingerprint density at radius 3 is 2.18 bits per heavy atom. The fraction of sp³-hybridized carbons (Fsp3) is 0.182. The predicted octanol–water partition coefficient (Wildman–Crippen LogP) is 3.78. The van der Waals surface area contributed by atoms with E-state index in [0.717, 1.165) is 27.8 Å². The smallest absolute Gasteiger partial charge is 0.277 e. The topological polar surface area (TPSA) is 69.2 Å². The van der Waals surface area contributed by atoms with Crippen molar-refractivity contribution in [2.24, 2.45) is 5.10 Å². The largest absolute Gasteiger partial charge is 0.497 e. The minimum absolute atomic E-state index is 0.124. The number of rotatable bonds is 7. The van der Waals surface area contributed by atoms with Gasteiger partial charge in [-0.05, 0) is 65.7 Å². The summed E-state index contributed by atoms with van der Waals surface area (Å²) in [4.78, 5) is 12.0. The number of benzene rings is 3. The number of fused-ring (bicyclic) bond motifs is 1. The van der Waals surface area contributed by atoms with Crippen LogP contribution in [-0.4, -0.2) is 32.4 Å². The minimum Gasteiger partial charge on any atom is -0.497 e. The van der Waals surface area contributed by atoms with Gasteiger partial charge in [0.05, 0.1) is 19.9 Å². The Kier molecular flexibility index (Phi) is 6.11. The monoisotopic (exact) mass is 378 g/mol. The molecule has 0 aliphatic heterocycles. The van der Waals surface area contributed by atoms with Crippen LogP contribution in [0.1, 0.15) is 12.5 Å². The molecule has 0 unspecified atom stereocenters. The Bertz CT molecular complexity index is 997. The fourth-order valence-electron chi connectivity index (χ4n) is 2.64. The highest BCUT2D eigenvalue weighted by Gasteiger charge is 2.05. The Morgan fingerprint density at radius 2 is 1.46 bits per heavy atom. The zero-order valence-corrected chi connectivity index (χ0v) is 16.1. The molecule has 0 aliphatic carbocycles. The molecule has 1 amide bonds. The highest BCUT2D eigenvalue weighted by molar-refractivity contribution is 6.02. The van der Waals surface area contributed by atoms with E-state index in [1.165, 1.54) is 0 Å². The Hall–Kier alpha value is -3.54. The molecule has 0 fully saturated rings. The van der Waals surface area contributed by atoms with Crippen LogP contribution in [-0.2, 0) is 4.79 Å². The van der Waals surface area contributed by atoms with Crippen molar-refractivity contribution in [2.75, 3.05) is 20.8 Å². The number of carbonyl (C=O) groups excluding carboxylic acids is 1. The van der Waals surface area contributed by atoms with E-state index >= 15 is 0 Å². The number of nitrogens with one attached hydrogen (secondary N) is 1. The van der Waals surface area contributed by atoms with Crippen LogP contribution < -0.4 is 19.6 Å². The van der Waals surface area contributed by atoms with Gasteiger partial charge in [0.1, 0.15) is 17.2 Å². The molecule has 0 saturated heterocycles. The maximum atomic E-state index is 12.0. The second-order valence-corrected chi connectivity index (χ2v) is 6.12. The first-order valence-electron chi connectivity index (χ1n) is 8.77. The van der Waals surface area contributed by atoms with Crippen LogP contribution in [0.2, 0.25) is 0 Å². The van der Waals surface area contributed by atoms with Gasteiger partial charge < -0.3 is 14.2 Å². The average molecular weight is 378 g/mol. The fourth-order valence-corrected chi connectivity index (χ4v) is 2.64. The van der Waals surface area contributed by atoms with E-state index in [2.05, 4.69) is 10.5 Å². The van der Waals surface area contributed by atoms with Gasteiger partial charge in [-0.1, -0.05) is 18.2 Å². The Morgan fingerprint density at radius 1 is 0.857 bits per heavy atom. The van der Waals surface area contributed by atoms with Crippen LogP contribution in [0.4, 0.5) is 0 Å². The van der Waals surface area contributed by atoms with Gasteiger partial charge in [0.2, 0.25) is 0 Å². The maximum absolute atomic E-state index is 12.0. The van der Waals surface area contributed by atoms with Crippen molar-refractivity contribution in [1.82, 2.24) is 5.43 Å². The highest BCUT2D eigenvalue weighted by Crippen LogP contribution is 2.22. The zero-order valence-electron chi connectivity index (χ0n) is 16.1. The van der Waals surface area contributed by atoms with Crippen molar-refractivity contribution >= 4 is 22.4 Å². The van der Waals surface area contributed by atoms with Gasteiger partial charge in [-0.3, -0.25) is 4.79 Å².